The number of nitrogens with zero attached hydrogens (tertiary/aromatic N) is 3. The van der Waals surface area contributed by atoms with Crippen molar-refractivity contribution in [1.82, 2.24) is 14.5 Å². The molecule has 114 valence electrons. The minimum absolute atomic E-state index is 0.0467. The van der Waals surface area contributed by atoms with Crippen LogP contribution in [0, 0.1) is 4.64 Å². The standard InChI is InChI=1S/C12H16N4O4S/c1-15-6-16(10-8(15)11(21)14-5-13-10)12(18)4-20-7(3-19-2)9(12)17/h5-7,9,17-18H,3-4H2,1-2H3/p+1. The first kappa shape index (κ1) is 14.5. The van der Waals surface area contributed by atoms with Gasteiger partial charge in [0.1, 0.15) is 18.8 Å². The average Bonchev–Trinajstić information content (AvgIpc) is 2.94. The molecule has 0 bridgehead atoms. The molecule has 9 heteroatoms. The molecular weight excluding hydrogens is 296 g/mol. The molecule has 0 radical (unpaired) electrons. The fourth-order valence-electron chi connectivity index (χ4n) is 2.69. The lowest BCUT2D eigenvalue weighted by atomic mass is 10.1. The molecule has 3 atom stereocenters. The molecule has 0 aromatic carbocycles. The third-order valence-electron chi connectivity index (χ3n) is 3.78. The third-order valence-corrected chi connectivity index (χ3v) is 4.07. The van der Waals surface area contributed by atoms with Gasteiger partial charge in [0.05, 0.1) is 13.7 Å². The van der Waals surface area contributed by atoms with Crippen LogP contribution in [0.3, 0.4) is 0 Å². The van der Waals surface area contributed by atoms with Crippen molar-refractivity contribution in [2.75, 3.05) is 20.3 Å². The third kappa shape index (κ3) is 2.09. The molecule has 3 unspecified atom stereocenters. The maximum Gasteiger partial charge on any atom is 0.272 e. The predicted octanol–water partition coefficient (Wildman–Crippen LogP) is -1.03. The molecule has 0 spiro atoms. The molecule has 0 aliphatic carbocycles. The Kier molecular flexibility index (Phi) is 3.54. The van der Waals surface area contributed by atoms with Crippen LogP contribution in [-0.4, -0.2) is 57.3 Å². The lowest BCUT2D eigenvalue weighted by molar-refractivity contribution is -0.793. The number of nitrogens with one attached hydrogen (secondary N) is 1. The highest BCUT2D eigenvalue weighted by molar-refractivity contribution is 7.71. The Balaban J connectivity index is 2.13. The number of ether oxygens (including phenoxy) is 2. The summed E-state index contributed by atoms with van der Waals surface area (Å²) in [5, 5.41) is 21.3. The zero-order valence-corrected chi connectivity index (χ0v) is 12.5. The van der Waals surface area contributed by atoms with Crippen LogP contribution in [0.15, 0.2) is 12.7 Å². The van der Waals surface area contributed by atoms with E-state index in [-0.39, 0.29) is 13.2 Å². The van der Waals surface area contributed by atoms with Crippen LogP contribution in [-0.2, 0) is 22.2 Å². The zero-order chi connectivity index (χ0) is 15.2. The van der Waals surface area contributed by atoms with Crippen molar-refractivity contribution in [2.24, 2.45) is 7.05 Å². The number of hydrogen-bond acceptors (Lipinski definition) is 6. The normalized spacial score (nSPS) is 29.3. The number of imidazole rings is 1. The summed E-state index contributed by atoms with van der Waals surface area (Å²) in [5.41, 5.74) is -0.355. The number of methoxy groups -OCH3 is 1. The van der Waals surface area contributed by atoms with Crippen molar-refractivity contribution in [3.8, 4) is 0 Å². The minimum Gasteiger partial charge on any atom is -0.384 e. The number of fused-ring (bicyclic) bond motifs is 1. The van der Waals surface area contributed by atoms with E-state index in [1.165, 1.54) is 18.0 Å². The van der Waals surface area contributed by atoms with E-state index in [0.29, 0.717) is 15.8 Å². The highest BCUT2D eigenvalue weighted by Gasteiger charge is 2.53. The molecule has 2 aromatic heterocycles. The van der Waals surface area contributed by atoms with Gasteiger partial charge in [0, 0.05) is 7.11 Å². The van der Waals surface area contributed by atoms with Crippen molar-refractivity contribution in [1.29, 1.82) is 0 Å². The fourth-order valence-corrected chi connectivity index (χ4v) is 2.98. The molecule has 1 fully saturated rings. The van der Waals surface area contributed by atoms with Crippen molar-refractivity contribution in [2.45, 2.75) is 17.9 Å². The summed E-state index contributed by atoms with van der Waals surface area (Å²) >= 11 is 5.20. The molecule has 3 N–H and O–H groups in total. The summed E-state index contributed by atoms with van der Waals surface area (Å²) < 4.78 is 14.1. The number of aliphatic hydroxyl groups excluding tert-OH is 1. The van der Waals surface area contributed by atoms with Gasteiger partial charge in [-0.1, -0.05) is 12.2 Å². The topological polar surface area (TPSA) is 96.4 Å². The van der Waals surface area contributed by atoms with E-state index < -0.39 is 17.9 Å². The van der Waals surface area contributed by atoms with Gasteiger partial charge in [-0.05, 0) is 0 Å². The number of aromatic nitrogens is 4. The van der Waals surface area contributed by atoms with Gasteiger partial charge in [-0.25, -0.2) is 9.55 Å². The van der Waals surface area contributed by atoms with Gasteiger partial charge in [0.2, 0.25) is 11.2 Å². The second-order valence-corrected chi connectivity index (χ2v) is 5.52. The molecule has 1 saturated heterocycles. The smallest absolute Gasteiger partial charge is 0.272 e. The van der Waals surface area contributed by atoms with Crippen LogP contribution in [0.25, 0.3) is 11.2 Å². The summed E-state index contributed by atoms with van der Waals surface area (Å²) in [4.78, 5) is 6.98. The Labute approximate surface area is 125 Å². The second kappa shape index (κ2) is 5.11. The first-order valence-electron chi connectivity index (χ1n) is 6.45. The van der Waals surface area contributed by atoms with Crippen molar-refractivity contribution in [3.05, 3.63) is 17.3 Å². The lowest BCUT2D eigenvalue weighted by Gasteiger charge is -2.24. The molecule has 0 amide bonds. The van der Waals surface area contributed by atoms with Crippen LogP contribution in [0.1, 0.15) is 0 Å². The van der Waals surface area contributed by atoms with E-state index in [2.05, 4.69) is 9.97 Å². The Bertz CT molecular complexity index is 730. The summed E-state index contributed by atoms with van der Waals surface area (Å²) in [5.74, 6) is 0. The quantitative estimate of drug-likeness (QED) is 0.495. The van der Waals surface area contributed by atoms with Gasteiger partial charge >= 0.3 is 0 Å². The molecule has 3 heterocycles. The molecule has 2 aromatic rings. The van der Waals surface area contributed by atoms with Crippen LogP contribution in [0.2, 0.25) is 0 Å². The van der Waals surface area contributed by atoms with Crippen molar-refractivity contribution >= 4 is 23.4 Å². The van der Waals surface area contributed by atoms with Crippen LogP contribution >= 0.6 is 12.2 Å². The van der Waals surface area contributed by atoms with E-state index in [0.717, 1.165) is 0 Å². The molecule has 3 rings (SSSR count). The van der Waals surface area contributed by atoms with Gasteiger partial charge in [-0.3, -0.25) is 9.55 Å². The summed E-state index contributed by atoms with van der Waals surface area (Å²) in [6, 6.07) is 0. The van der Waals surface area contributed by atoms with Crippen LogP contribution in [0.4, 0.5) is 0 Å². The second-order valence-electron chi connectivity index (χ2n) is 5.13. The monoisotopic (exact) mass is 313 g/mol. The van der Waals surface area contributed by atoms with Gasteiger partial charge in [0.15, 0.2) is 17.3 Å². The van der Waals surface area contributed by atoms with Gasteiger partial charge in [-0.15, -0.1) is 0 Å². The Morgan fingerprint density at radius 3 is 3.19 bits per heavy atom. The highest BCUT2D eigenvalue weighted by Crippen LogP contribution is 2.26. The number of hydrogen-bond donors (Lipinski definition) is 3. The van der Waals surface area contributed by atoms with Crippen LogP contribution in [0.5, 0.6) is 0 Å². The highest BCUT2D eigenvalue weighted by atomic mass is 32.1. The largest absolute Gasteiger partial charge is 0.384 e. The Morgan fingerprint density at radius 2 is 2.48 bits per heavy atom. The van der Waals surface area contributed by atoms with E-state index in [4.69, 9.17) is 21.7 Å². The summed E-state index contributed by atoms with van der Waals surface area (Å²) in [6.07, 6.45) is 1.40. The predicted molar refractivity (Wildman–Crippen MR) is 73.9 cm³/mol. The summed E-state index contributed by atoms with van der Waals surface area (Å²) in [7, 11) is 3.31. The maximum atomic E-state index is 10.9. The average molecular weight is 313 g/mol. The number of H-pyrrole nitrogens is 1. The lowest BCUT2D eigenvalue weighted by Crippen LogP contribution is -2.63. The van der Waals surface area contributed by atoms with Gasteiger partial charge in [0.25, 0.3) is 5.65 Å². The maximum absolute atomic E-state index is 10.9. The molecule has 0 saturated carbocycles. The Hall–Kier alpha value is -1.39. The van der Waals surface area contributed by atoms with Crippen molar-refractivity contribution in [3.63, 3.8) is 0 Å². The zero-order valence-electron chi connectivity index (χ0n) is 11.7. The molecule has 1 aliphatic heterocycles. The number of aromatic amines is 1. The van der Waals surface area contributed by atoms with E-state index in [1.807, 2.05) is 0 Å². The molecule has 21 heavy (non-hydrogen) atoms. The first-order valence-corrected chi connectivity index (χ1v) is 6.85. The first-order chi connectivity index (χ1) is 9.99. The number of aliphatic hydroxyl groups is 2. The minimum atomic E-state index is -1.59. The van der Waals surface area contributed by atoms with Crippen LogP contribution < -0.4 is 4.57 Å². The molecule has 8 nitrogen and oxygen atoms in total. The van der Waals surface area contributed by atoms with E-state index in [9.17, 15) is 10.2 Å². The summed E-state index contributed by atoms with van der Waals surface area (Å²) in [6.45, 7) is 0.154. The fraction of sp³-hybridized carbons (Fsp3) is 0.583. The number of rotatable bonds is 3. The Morgan fingerprint density at radius 1 is 1.71 bits per heavy atom. The molecule has 1 aliphatic rings. The number of aryl methyl sites for hydroxylation is 1. The van der Waals surface area contributed by atoms with E-state index >= 15 is 0 Å². The van der Waals surface area contributed by atoms with Crippen molar-refractivity contribution < 1.29 is 24.3 Å². The van der Waals surface area contributed by atoms with Gasteiger partial charge < -0.3 is 19.7 Å². The van der Waals surface area contributed by atoms with Gasteiger partial charge in [-0.2, -0.15) is 0 Å². The molecular formula is C12H17N4O4S+. The SMILES string of the molecule is COCC1OCC(O)([n+]2cn(C)c3c(=S)nc[nH]c32)C1O. The van der Waals surface area contributed by atoms with E-state index in [1.54, 1.807) is 17.9 Å².